The van der Waals surface area contributed by atoms with Crippen LogP contribution in [0.2, 0.25) is 0 Å². The van der Waals surface area contributed by atoms with Gasteiger partial charge in [0.15, 0.2) is 0 Å². The van der Waals surface area contributed by atoms with E-state index >= 15 is 0 Å². The SMILES string of the molecule is O=C(NCC(F)F)c1ccc(C2CCCN2)s1.O=C(O)C(F)(F)F. The lowest BCUT2D eigenvalue weighted by atomic mass is 10.2. The molecule has 24 heavy (non-hydrogen) atoms. The van der Waals surface area contributed by atoms with Crippen molar-refractivity contribution in [2.24, 2.45) is 0 Å². The number of halogens is 5. The number of hydrogen-bond acceptors (Lipinski definition) is 4. The van der Waals surface area contributed by atoms with E-state index in [1.807, 2.05) is 6.07 Å². The predicted octanol–water partition coefficient (Wildman–Crippen LogP) is 2.80. The Morgan fingerprint density at radius 1 is 1.38 bits per heavy atom. The summed E-state index contributed by atoms with van der Waals surface area (Å²) < 4.78 is 55.6. The molecule has 1 aromatic rings. The number of hydrogen-bond donors (Lipinski definition) is 3. The van der Waals surface area contributed by atoms with E-state index in [4.69, 9.17) is 9.90 Å². The molecule has 0 aliphatic carbocycles. The third-order valence-electron chi connectivity index (χ3n) is 2.91. The number of nitrogens with one attached hydrogen (secondary N) is 2. The largest absolute Gasteiger partial charge is 0.490 e. The van der Waals surface area contributed by atoms with Crippen molar-refractivity contribution >= 4 is 23.2 Å². The van der Waals surface area contributed by atoms with Gasteiger partial charge in [-0.15, -0.1) is 11.3 Å². The lowest BCUT2D eigenvalue weighted by molar-refractivity contribution is -0.192. The summed E-state index contributed by atoms with van der Waals surface area (Å²) in [6.07, 6.45) is -5.39. The number of thiophene rings is 1. The fraction of sp³-hybridized carbons (Fsp3) is 0.538. The van der Waals surface area contributed by atoms with Gasteiger partial charge >= 0.3 is 12.1 Å². The number of carbonyl (C=O) groups excluding carboxylic acids is 1. The van der Waals surface area contributed by atoms with Gasteiger partial charge in [-0.05, 0) is 31.5 Å². The molecule has 3 N–H and O–H groups in total. The van der Waals surface area contributed by atoms with Gasteiger partial charge in [-0.25, -0.2) is 13.6 Å². The molecule has 2 heterocycles. The van der Waals surface area contributed by atoms with Crippen molar-refractivity contribution in [1.82, 2.24) is 10.6 Å². The summed E-state index contributed by atoms with van der Waals surface area (Å²) in [5.41, 5.74) is 0. The minimum atomic E-state index is -5.08. The molecular formula is C13H15F5N2O3S. The van der Waals surface area contributed by atoms with Crippen LogP contribution in [0.5, 0.6) is 0 Å². The highest BCUT2D eigenvalue weighted by molar-refractivity contribution is 7.14. The molecule has 2 rings (SSSR count). The summed E-state index contributed by atoms with van der Waals surface area (Å²) in [5, 5.41) is 12.7. The Morgan fingerprint density at radius 2 is 2.00 bits per heavy atom. The molecule has 1 unspecified atom stereocenters. The van der Waals surface area contributed by atoms with E-state index in [0.717, 1.165) is 24.3 Å². The summed E-state index contributed by atoms with van der Waals surface area (Å²) in [5.74, 6) is -3.17. The van der Waals surface area contributed by atoms with Crippen molar-refractivity contribution in [2.45, 2.75) is 31.5 Å². The monoisotopic (exact) mass is 374 g/mol. The number of alkyl halides is 5. The van der Waals surface area contributed by atoms with Crippen LogP contribution in [0.4, 0.5) is 22.0 Å². The zero-order valence-corrected chi connectivity index (χ0v) is 13.0. The highest BCUT2D eigenvalue weighted by atomic mass is 32.1. The second kappa shape index (κ2) is 8.92. The number of carboxylic acids is 1. The molecule has 11 heteroatoms. The maximum absolute atomic E-state index is 11.9. The number of rotatable bonds is 4. The number of carboxylic acid groups (broad SMARTS) is 1. The molecule has 1 fully saturated rings. The predicted molar refractivity (Wildman–Crippen MR) is 76.3 cm³/mol. The van der Waals surface area contributed by atoms with E-state index in [-0.39, 0.29) is 0 Å². The van der Waals surface area contributed by atoms with Crippen molar-refractivity contribution in [1.29, 1.82) is 0 Å². The molecule has 1 aromatic heterocycles. The third-order valence-corrected chi connectivity index (χ3v) is 4.11. The number of amides is 1. The quantitative estimate of drug-likeness (QED) is 0.709. The Kier molecular flexibility index (Phi) is 7.55. The number of carbonyl (C=O) groups is 2. The molecule has 0 aromatic carbocycles. The lowest BCUT2D eigenvalue weighted by Gasteiger charge is -2.06. The molecule has 0 radical (unpaired) electrons. The average Bonchev–Trinajstić information content (AvgIpc) is 3.14. The summed E-state index contributed by atoms with van der Waals surface area (Å²) in [6.45, 7) is 0.406. The Morgan fingerprint density at radius 3 is 2.46 bits per heavy atom. The van der Waals surface area contributed by atoms with E-state index in [1.165, 1.54) is 11.3 Å². The first-order valence-electron chi connectivity index (χ1n) is 6.81. The maximum atomic E-state index is 11.9. The first-order chi connectivity index (χ1) is 11.1. The van der Waals surface area contributed by atoms with E-state index in [9.17, 15) is 26.7 Å². The van der Waals surface area contributed by atoms with Gasteiger partial charge in [-0.2, -0.15) is 13.2 Å². The van der Waals surface area contributed by atoms with Crippen LogP contribution in [0.15, 0.2) is 12.1 Å². The zero-order chi connectivity index (χ0) is 18.3. The van der Waals surface area contributed by atoms with Crippen LogP contribution in [0, 0.1) is 0 Å². The van der Waals surface area contributed by atoms with E-state index in [1.54, 1.807) is 6.07 Å². The van der Waals surface area contributed by atoms with Crippen LogP contribution >= 0.6 is 11.3 Å². The van der Waals surface area contributed by atoms with Crippen LogP contribution in [-0.4, -0.2) is 42.7 Å². The zero-order valence-electron chi connectivity index (χ0n) is 12.2. The van der Waals surface area contributed by atoms with Gasteiger partial charge in [-0.1, -0.05) is 0 Å². The Balaban J connectivity index is 0.000000351. The van der Waals surface area contributed by atoms with Crippen molar-refractivity contribution in [3.8, 4) is 0 Å². The van der Waals surface area contributed by atoms with Crippen LogP contribution in [-0.2, 0) is 4.79 Å². The smallest absolute Gasteiger partial charge is 0.475 e. The second-order valence-electron chi connectivity index (χ2n) is 4.75. The minimum absolute atomic E-state index is 0.316. The highest BCUT2D eigenvalue weighted by Crippen LogP contribution is 2.29. The second-order valence-corrected chi connectivity index (χ2v) is 5.87. The van der Waals surface area contributed by atoms with Crippen LogP contribution < -0.4 is 10.6 Å². The molecule has 1 atom stereocenters. The molecule has 0 spiro atoms. The fourth-order valence-electron chi connectivity index (χ4n) is 1.85. The molecule has 1 amide bonds. The maximum Gasteiger partial charge on any atom is 0.490 e. The summed E-state index contributed by atoms with van der Waals surface area (Å²) in [4.78, 5) is 22.0. The molecule has 0 saturated carbocycles. The van der Waals surface area contributed by atoms with Gasteiger partial charge in [0, 0.05) is 10.9 Å². The third kappa shape index (κ3) is 6.79. The van der Waals surface area contributed by atoms with E-state index in [0.29, 0.717) is 10.9 Å². The molecule has 136 valence electrons. The Bertz CT molecular complexity index is 556. The molecule has 1 aliphatic heterocycles. The Hall–Kier alpha value is -1.75. The van der Waals surface area contributed by atoms with Gasteiger partial charge in [0.05, 0.1) is 11.4 Å². The topological polar surface area (TPSA) is 78.4 Å². The van der Waals surface area contributed by atoms with Crippen molar-refractivity contribution in [3.63, 3.8) is 0 Å². The fourth-order valence-corrected chi connectivity index (χ4v) is 2.88. The van der Waals surface area contributed by atoms with Crippen molar-refractivity contribution < 1.29 is 36.6 Å². The first kappa shape index (κ1) is 20.3. The van der Waals surface area contributed by atoms with Gasteiger partial charge in [0.25, 0.3) is 12.3 Å². The van der Waals surface area contributed by atoms with Gasteiger partial charge in [-0.3, -0.25) is 4.79 Å². The highest BCUT2D eigenvalue weighted by Gasteiger charge is 2.38. The molecule has 0 bridgehead atoms. The number of aliphatic carboxylic acids is 1. The average molecular weight is 374 g/mol. The van der Waals surface area contributed by atoms with Gasteiger partial charge < -0.3 is 15.7 Å². The molecule has 1 aliphatic rings. The van der Waals surface area contributed by atoms with E-state index in [2.05, 4.69) is 10.6 Å². The van der Waals surface area contributed by atoms with Crippen LogP contribution in [0.3, 0.4) is 0 Å². The summed E-state index contributed by atoms with van der Waals surface area (Å²) in [6, 6.07) is 3.91. The minimum Gasteiger partial charge on any atom is -0.475 e. The van der Waals surface area contributed by atoms with Crippen LogP contribution in [0.1, 0.15) is 33.4 Å². The molecule has 5 nitrogen and oxygen atoms in total. The standard InChI is InChI=1S/C11H14F2N2OS.C2HF3O2/c12-10(13)6-15-11(16)9-4-3-8(17-9)7-2-1-5-14-7;3-2(4,5)1(6)7/h3-4,7,10,14H,1-2,5-6H2,(H,15,16);(H,6,7). The van der Waals surface area contributed by atoms with Crippen molar-refractivity contribution in [3.05, 3.63) is 21.9 Å². The van der Waals surface area contributed by atoms with Crippen LogP contribution in [0.25, 0.3) is 0 Å². The van der Waals surface area contributed by atoms with E-state index < -0.39 is 31.0 Å². The van der Waals surface area contributed by atoms with Crippen molar-refractivity contribution in [2.75, 3.05) is 13.1 Å². The first-order valence-corrected chi connectivity index (χ1v) is 7.62. The normalized spacial score (nSPS) is 17.3. The lowest BCUT2D eigenvalue weighted by Crippen LogP contribution is -2.27. The molecule has 1 saturated heterocycles. The summed E-state index contributed by atoms with van der Waals surface area (Å²) in [7, 11) is 0. The van der Waals surface area contributed by atoms with Gasteiger partial charge in [0.1, 0.15) is 0 Å². The Labute approximate surface area is 137 Å². The van der Waals surface area contributed by atoms with Gasteiger partial charge in [0.2, 0.25) is 0 Å². The molecular weight excluding hydrogens is 359 g/mol. The summed E-state index contributed by atoms with van der Waals surface area (Å²) >= 11 is 1.37.